The van der Waals surface area contributed by atoms with Crippen LogP contribution in [0.1, 0.15) is 46.4 Å². The molecule has 1 fully saturated rings. The SMILES string of the molecule is O=C(CN1C(=O)c2cc(Cl)c(Cl)cc2C1=O)OCC(=O)N1CCCCCC1. The fourth-order valence-corrected chi connectivity index (χ4v) is 3.48. The van der Waals surface area contributed by atoms with Crippen molar-refractivity contribution >= 4 is 46.9 Å². The number of hydrogen-bond acceptors (Lipinski definition) is 5. The molecule has 0 aliphatic carbocycles. The Labute approximate surface area is 166 Å². The minimum atomic E-state index is -0.829. The Hall–Kier alpha value is -2.12. The second-order valence-corrected chi connectivity index (χ2v) is 7.28. The number of fused-ring (bicyclic) bond motifs is 1. The van der Waals surface area contributed by atoms with Gasteiger partial charge in [-0.05, 0) is 25.0 Å². The number of rotatable bonds is 4. The van der Waals surface area contributed by atoms with Crippen LogP contribution in [0.5, 0.6) is 0 Å². The Morgan fingerprint density at radius 1 is 0.926 bits per heavy atom. The van der Waals surface area contributed by atoms with Crippen molar-refractivity contribution in [1.29, 1.82) is 0 Å². The number of amides is 3. The van der Waals surface area contributed by atoms with E-state index in [1.165, 1.54) is 12.1 Å². The molecule has 3 rings (SSSR count). The van der Waals surface area contributed by atoms with Crippen LogP contribution in [0, 0.1) is 0 Å². The third-order valence-corrected chi connectivity index (χ3v) is 5.34. The summed E-state index contributed by atoms with van der Waals surface area (Å²) in [5.41, 5.74) is 0.172. The first-order valence-corrected chi connectivity index (χ1v) is 9.42. The molecule has 1 aromatic rings. The Balaban J connectivity index is 1.57. The standard InChI is InChI=1S/C18H18Cl2N2O5/c19-13-7-11-12(8-14(13)20)18(26)22(17(11)25)9-16(24)27-10-15(23)21-5-3-1-2-4-6-21/h7-8H,1-6,9-10H2. The van der Waals surface area contributed by atoms with Gasteiger partial charge in [0.25, 0.3) is 17.7 Å². The van der Waals surface area contributed by atoms with Crippen molar-refractivity contribution in [2.24, 2.45) is 0 Å². The number of ether oxygens (including phenoxy) is 1. The van der Waals surface area contributed by atoms with Crippen molar-refractivity contribution in [2.45, 2.75) is 25.7 Å². The monoisotopic (exact) mass is 412 g/mol. The predicted molar refractivity (Wildman–Crippen MR) is 97.8 cm³/mol. The van der Waals surface area contributed by atoms with E-state index in [-0.39, 0.29) is 27.1 Å². The third-order valence-electron chi connectivity index (χ3n) is 4.61. The average Bonchev–Trinajstić information content (AvgIpc) is 2.85. The summed E-state index contributed by atoms with van der Waals surface area (Å²) in [6.45, 7) is 0.321. The van der Waals surface area contributed by atoms with Gasteiger partial charge in [0.2, 0.25) is 0 Å². The summed E-state index contributed by atoms with van der Waals surface area (Å²) in [6, 6.07) is 2.60. The molecule has 7 nitrogen and oxygen atoms in total. The summed E-state index contributed by atoms with van der Waals surface area (Å²) >= 11 is 11.8. The van der Waals surface area contributed by atoms with Crippen molar-refractivity contribution in [3.05, 3.63) is 33.3 Å². The topological polar surface area (TPSA) is 84.0 Å². The Kier molecular flexibility index (Phi) is 6.01. The number of benzene rings is 1. The van der Waals surface area contributed by atoms with Gasteiger partial charge >= 0.3 is 5.97 Å². The average molecular weight is 413 g/mol. The summed E-state index contributed by atoms with van der Waals surface area (Å²) in [5.74, 6) is -2.40. The molecule has 27 heavy (non-hydrogen) atoms. The fourth-order valence-electron chi connectivity index (χ4n) is 3.16. The highest BCUT2D eigenvalue weighted by atomic mass is 35.5. The summed E-state index contributed by atoms with van der Waals surface area (Å²) in [6.07, 6.45) is 4.02. The van der Waals surface area contributed by atoms with Crippen LogP contribution in [0.25, 0.3) is 0 Å². The van der Waals surface area contributed by atoms with Crippen LogP contribution in [0.4, 0.5) is 0 Å². The first-order chi connectivity index (χ1) is 12.9. The second-order valence-electron chi connectivity index (χ2n) is 6.46. The number of carbonyl (C=O) groups excluding carboxylic acids is 4. The number of likely N-dealkylation sites (tertiary alicyclic amines) is 1. The van der Waals surface area contributed by atoms with E-state index in [4.69, 9.17) is 27.9 Å². The molecule has 2 aliphatic heterocycles. The zero-order chi connectivity index (χ0) is 19.6. The predicted octanol–water partition coefficient (Wildman–Crippen LogP) is 2.54. The molecule has 0 aromatic heterocycles. The van der Waals surface area contributed by atoms with E-state index >= 15 is 0 Å². The Bertz CT molecular complexity index is 762. The molecule has 0 N–H and O–H groups in total. The minimum absolute atomic E-state index is 0.0860. The van der Waals surface area contributed by atoms with Crippen molar-refractivity contribution in [3.8, 4) is 0 Å². The van der Waals surface area contributed by atoms with Crippen LogP contribution < -0.4 is 0 Å². The van der Waals surface area contributed by atoms with Crippen molar-refractivity contribution in [2.75, 3.05) is 26.2 Å². The molecule has 3 amide bonds. The first-order valence-electron chi connectivity index (χ1n) is 8.67. The maximum atomic E-state index is 12.4. The van der Waals surface area contributed by atoms with Crippen LogP contribution in [-0.4, -0.2) is 59.7 Å². The molecule has 0 saturated carbocycles. The van der Waals surface area contributed by atoms with Crippen LogP contribution in [-0.2, 0) is 14.3 Å². The summed E-state index contributed by atoms with van der Waals surface area (Å²) in [7, 11) is 0. The highest BCUT2D eigenvalue weighted by Crippen LogP contribution is 2.31. The quantitative estimate of drug-likeness (QED) is 0.560. The van der Waals surface area contributed by atoms with Crippen molar-refractivity contribution < 1.29 is 23.9 Å². The lowest BCUT2D eigenvalue weighted by atomic mass is 10.1. The highest BCUT2D eigenvalue weighted by molar-refractivity contribution is 6.43. The van der Waals surface area contributed by atoms with E-state index in [0.29, 0.717) is 13.1 Å². The van der Waals surface area contributed by atoms with Crippen LogP contribution >= 0.6 is 23.2 Å². The van der Waals surface area contributed by atoms with Gasteiger partial charge in [-0.3, -0.25) is 24.1 Å². The zero-order valence-corrected chi connectivity index (χ0v) is 16.0. The zero-order valence-electron chi connectivity index (χ0n) is 14.5. The van der Waals surface area contributed by atoms with Gasteiger partial charge in [-0.1, -0.05) is 36.0 Å². The van der Waals surface area contributed by atoms with Gasteiger partial charge in [-0.2, -0.15) is 0 Å². The normalized spacial score (nSPS) is 17.0. The van der Waals surface area contributed by atoms with E-state index in [9.17, 15) is 19.2 Å². The number of esters is 1. The molecule has 0 radical (unpaired) electrons. The van der Waals surface area contributed by atoms with Gasteiger partial charge in [-0.15, -0.1) is 0 Å². The van der Waals surface area contributed by atoms with E-state index in [1.54, 1.807) is 4.90 Å². The van der Waals surface area contributed by atoms with Gasteiger partial charge in [0.1, 0.15) is 6.54 Å². The van der Waals surface area contributed by atoms with Gasteiger partial charge < -0.3 is 9.64 Å². The van der Waals surface area contributed by atoms with Crippen molar-refractivity contribution in [1.82, 2.24) is 9.80 Å². The molecule has 0 spiro atoms. The Morgan fingerprint density at radius 2 is 1.44 bits per heavy atom. The van der Waals surface area contributed by atoms with Gasteiger partial charge in [0.05, 0.1) is 21.2 Å². The molecular weight excluding hydrogens is 395 g/mol. The molecular formula is C18H18Cl2N2O5. The smallest absolute Gasteiger partial charge is 0.326 e. The lowest BCUT2D eigenvalue weighted by Crippen LogP contribution is -2.38. The van der Waals surface area contributed by atoms with Gasteiger partial charge in [-0.25, -0.2) is 0 Å². The molecule has 9 heteroatoms. The number of carbonyl (C=O) groups is 4. The fraction of sp³-hybridized carbons (Fsp3) is 0.444. The molecule has 144 valence electrons. The number of halogens is 2. The van der Waals surface area contributed by atoms with Crippen LogP contribution in [0.2, 0.25) is 10.0 Å². The summed E-state index contributed by atoms with van der Waals surface area (Å²) in [5, 5.41) is 0.285. The van der Waals surface area contributed by atoms with E-state index in [1.807, 2.05) is 0 Å². The number of imide groups is 1. The Morgan fingerprint density at radius 3 is 1.96 bits per heavy atom. The van der Waals surface area contributed by atoms with Gasteiger partial charge in [0.15, 0.2) is 6.61 Å². The third kappa shape index (κ3) is 4.25. The first kappa shape index (κ1) is 19.6. The maximum Gasteiger partial charge on any atom is 0.326 e. The highest BCUT2D eigenvalue weighted by Gasteiger charge is 2.37. The van der Waals surface area contributed by atoms with E-state index in [0.717, 1.165) is 30.6 Å². The molecule has 1 aromatic carbocycles. The summed E-state index contributed by atoms with van der Waals surface area (Å²) < 4.78 is 4.97. The minimum Gasteiger partial charge on any atom is -0.454 e. The second kappa shape index (κ2) is 8.27. The van der Waals surface area contributed by atoms with E-state index < -0.39 is 30.9 Å². The molecule has 2 aliphatic rings. The van der Waals surface area contributed by atoms with Crippen molar-refractivity contribution in [3.63, 3.8) is 0 Å². The summed E-state index contributed by atoms with van der Waals surface area (Å²) in [4.78, 5) is 51.3. The lowest BCUT2D eigenvalue weighted by molar-refractivity contribution is -0.152. The number of nitrogens with zero attached hydrogens (tertiary/aromatic N) is 2. The molecule has 0 bridgehead atoms. The molecule has 0 atom stereocenters. The van der Waals surface area contributed by atoms with Crippen LogP contribution in [0.3, 0.4) is 0 Å². The van der Waals surface area contributed by atoms with E-state index in [2.05, 4.69) is 0 Å². The lowest BCUT2D eigenvalue weighted by Gasteiger charge is -2.20. The number of hydrogen-bond donors (Lipinski definition) is 0. The molecule has 1 saturated heterocycles. The maximum absolute atomic E-state index is 12.4. The largest absolute Gasteiger partial charge is 0.454 e. The van der Waals surface area contributed by atoms with Gasteiger partial charge in [0, 0.05) is 13.1 Å². The molecule has 0 unspecified atom stereocenters. The van der Waals surface area contributed by atoms with Crippen LogP contribution in [0.15, 0.2) is 12.1 Å². The molecule has 2 heterocycles.